The van der Waals surface area contributed by atoms with Crippen LogP contribution < -0.4 is 5.73 Å². The predicted molar refractivity (Wildman–Crippen MR) is 130 cm³/mol. The Bertz CT molecular complexity index is 1440. The quantitative estimate of drug-likeness (QED) is 0.399. The molecule has 3 heterocycles. The van der Waals surface area contributed by atoms with E-state index in [0.717, 1.165) is 53.6 Å². The zero-order chi connectivity index (χ0) is 25.4. The lowest BCUT2D eigenvalue weighted by molar-refractivity contribution is -0.137. The molecule has 1 atom stereocenters. The lowest BCUT2D eigenvalue weighted by Gasteiger charge is -2.35. The Hall–Kier alpha value is -4.01. The Morgan fingerprint density at radius 1 is 1.14 bits per heavy atom. The van der Waals surface area contributed by atoms with Gasteiger partial charge in [-0.2, -0.15) is 13.2 Å². The third kappa shape index (κ3) is 4.60. The van der Waals surface area contributed by atoms with Crippen molar-refractivity contribution in [2.75, 3.05) is 5.73 Å². The number of hydrogen-bond acceptors (Lipinski definition) is 5. The van der Waals surface area contributed by atoms with E-state index in [1.54, 1.807) is 35.5 Å². The maximum atomic E-state index is 13.9. The standard InChI is InChI=1S/C27H24F3N5O/c1-16-11-19-12-18(5-8-23(19)34-25(16)31)26(36)35(15-21-7-6-20(13-33-21)27(28,29)30)24-4-2-3-17-9-10-32-14-22(17)24/h5-14,24H,2-4,15H2,1H3,(H2,31,34)/t24-/m1/s1. The van der Waals surface area contributed by atoms with Crippen molar-refractivity contribution in [3.05, 3.63) is 94.6 Å². The highest BCUT2D eigenvalue weighted by Crippen LogP contribution is 2.36. The van der Waals surface area contributed by atoms with Crippen LogP contribution in [0.1, 0.15) is 57.2 Å². The number of pyridine rings is 3. The third-order valence-corrected chi connectivity index (χ3v) is 6.64. The smallest absolute Gasteiger partial charge is 0.383 e. The van der Waals surface area contributed by atoms with Crippen molar-refractivity contribution >= 4 is 22.6 Å². The number of rotatable bonds is 4. The summed E-state index contributed by atoms with van der Waals surface area (Å²) in [4.78, 5) is 28.3. The summed E-state index contributed by atoms with van der Waals surface area (Å²) in [6.45, 7) is 1.91. The predicted octanol–water partition coefficient (Wildman–Crippen LogP) is 5.65. The van der Waals surface area contributed by atoms with E-state index in [2.05, 4.69) is 15.0 Å². The van der Waals surface area contributed by atoms with Crippen molar-refractivity contribution in [3.63, 3.8) is 0 Å². The van der Waals surface area contributed by atoms with Crippen LogP contribution in [-0.2, 0) is 19.1 Å². The molecule has 0 fully saturated rings. The molecular formula is C27H24F3N5O. The zero-order valence-corrected chi connectivity index (χ0v) is 19.6. The van der Waals surface area contributed by atoms with E-state index < -0.39 is 11.7 Å². The number of carbonyl (C=O) groups is 1. The lowest BCUT2D eigenvalue weighted by Crippen LogP contribution is -2.36. The van der Waals surface area contributed by atoms with E-state index in [1.807, 2.05) is 19.1 Å². The van der Waals surface area contributed by atoms with Gasteiger partial charge in [0.1, 0.15) is 5.82 Å². The summed E-state index contributed by atoms with van der Waals surface area (Å²) in [6, 6.07) is 11.1. The van der Waals surface area contributed by atoms with Gasteiger partial charge in [-0.15, -0.1) is 0 Å². The number of aryl methyl sites for hydroxylation is 2. The van der Waals surface area contributed by atoms with Gasteiger partial charge >= 0.3 is 6.18 Å². The van der Waals surface area contributed by atoms with Crippen LogP contribution in [0.5, 0.6) is 0 Å². The fourth-order valence-electron chi connectivity index (χ4n) is 4.71. The van der Waals surface area contributed by atoms with Gasteiger partial charge in [0, 0.05) is 29.5 Å². The Labute approximate surface area is 206 Å². The van der Waals surface area contributed by atoms with Crippen molar-refractivity contribution in [1.82, 2.24) is 19.9 Å². The van der Waals surface area contributed by atoms with Crippen LogP contribution in [0.3, 0.4) is 0 Å². The van der Waals surface area contributed by atoms with E-state index in [1.165, 1.54) is 6.07 Å². The molecule has 9 heteroatoms. The Morgan fingerprint density at radius 2 is 1.97 bits per heavy atom. The third-order valence-electron chi connectivity index (χ3n) is 6.64. The normalized spacial score (nSPS) is 15.5. The van der Waals surface area contributed by atoms with Crippen LogP contribution in [0.2, 0.25) is 0 Å². The molecule has 0 bridgehead atoms. The summed E-state index contributed by atoms with van der Waals surface area (Å²) in [7, 11) is 0. The molecule has 3 aromatic heterocycles. The minimum absolute atomic E-state index is 0.0625. The second kappa shape index (κ2) is 9.22. The van der Waals surface area contributed by atoms with Crippen molar-refractivity contribution in [2.24, 2.45) is 0 Å². The number of aromatic nitrogens is 3. The highest BCUT2D eigenvalue weighted by Gasteiger charge is 2.33. The number of nitrogen functional groups attached to an aromatic ring is 1. The molecule has 2 N–H and O–H groups in total. The van der Waals surface area contributed by atoms with Crippen molar-refractivity contribution in [2.45, 2.75) is 44.9 Å². The van der Waals surface area contributed by atoms with Gasteiger partial charge in [0.2, 0.25) is 0 Å². The molecule has 0 aliphatic heterocycles. The molecule has 1 amide bonds. The average Bonchev–Trinajstić information content (AvgIpc) is 2.87. The summed E-state index contributed by atoms with van der Waals surface area (Å²) < 4.78 is 39.1. The number of anilines is 1. The van der Waals surface area contributed by atoms with Crippen molar-refractivity contribution in [3.8, 4) is 0 Å². The number of carbonyl (C=O) groups excluding carboxylic acids is 1. The maximum absolute atomic E-state index is 13.9. The fourth-order valence-corrected chi connectivity index (χ4v) is 4.71. The number of alkyl halides is 3. The molecule has 184 valence electrons. The lowest BCUT2D eigenvalue weighted by atomic mass is 9.87. The summed E-state index contributed by atoms with van der Waals surface area (Å²) in [5.74, 6) is 0.192. The molecule has 0 saturated heterocycles. The van der Waals surface area contributed by atoms with Gasteiger partial charge in [-0.1, -0.05) is 0 Å². The number of hydrogen-bond donors (Lipinski definition) is 1. The zero-order valence-electron chi connectivity index (χ0n) is 19.6. The van der Waals surface area contributed by atoms with Gasteiger partial charge in [-0.05, 0) is 85.3 Å². The molecular weight excluding hydrogens is 467 g/mol. The molecule has 1 aromatic carbocycles. The molecule has 0 spiro atoms. The average molecular weight is 492 g/mol. The fraction of sp³-hybridized carbons (Fsp3) is 0.259. The van der Waals surface area contributed by atoms with Crippen LogP contribution in [0.4, 0.5) is 19.0 Å². The van der Waals surface area contributed by atoms with Gasteiger partial charge < -0.3 is 10.6 Å². The first kappa shape index (κ1) is 23.7. The summed E-state index contributed by atoms with van der Waals surface area (Å²) in [6.07, 6.45) is 2.32. The highest BCUT2D eigenvalue weighted by atomic mass is 19.4. The van der Waals surface area contributed by atoms with Gasteiger partial charge in [-0.25, -0.2) is 4.98 Å². The molecule has 4 aromatic rings. The van der Waals surface area contributed by atoms with E-state index in [-0.39, 0.29) is 18.5 Å². The van der Waals surface area contributed by atoms with Crippen molar-refractivity contribution in [1.29, 1.82) is 0 Å². The number of nitrogens with zero attached hydrogens (tertiary/aromatic N) is 4. The number of benzene rings is 1. The first-order chi connectivity index (χ1) is 17.2. The van der Waals surface area contributed by atoms with E-state index in [9.17, 15) is 18.0 Å². The minimum atomic E-state index is -4.48. The second-order valence-electron chi connectivity index (χ2n) is 9.05. The van der Waals surface area contributed by atoms with Crippen LogP contribution in [0.15, 0.2) is 61.1 Å². The van der Waals surface area contributed by atoms with E-state index in [4.69, 9.17) is 5.73 Å². The Balaban J connectivity index is 1.54. The minimum Gasteiger partial charge on any atom is -0.383 e. The topological polar surface area (TPSA) is 85.0 Å². The SMILES string of the molecule is Cc1cc2cc(C(=O)N(Cc3ccc(C(F)(F)F)cn3)[C@@H]3CCCc4ccncc43)ccc2nc1N. The Kier molecular flexibility index (Phi) is 6.07. The number of amides is 1. The molecule has 5 rings (SSSR count). The van der Waals surface area contributed by atoms with Gasteiger partial charge in [0.15, 0.2) is 0 Å². The molecule has 1 aliphatic carbocycles. The van der Waals surface area contributed by atoms with Crippen LogP contribution in [0.25, 0.3) is 10.9 Å². The summed E-state index contributed by atoms with van der Waals surface area (Å²) in [5.41, 5.74) is 9.49. The van der Waals surface area contributed by atoms with Crippen LogP contribution in [0, 0.1) is 6.92 Å². The monoisotopic (exact) mass is 491 g/mol. The first-order valence-corrected chi connectivity index (χ1v) is 11.6. The molecule has 0 radical (unpaired) electrons. The number of fused-ring (bicyclic) bond motifs is 2. The van der Waals surface area contributed by atoms with Gasteiger partial charge in [0.05, 0.1) is 29.4 Å². The first-order valence-electron chi connectivity index (χ1n) is 11.6. The Morgan fingerprint density at radius 3 is 2.72 bits per heavy atom. The largest absolute Gasteiger partial charge is 0.417 e. The molecule has 1 aliphatic rings. The molecule has 6 nitrogen and oxygen atoms in total. The van der Waals surface area contributed by atoms with Crippen LogP contribution >= 0.6 is 0 Å². The van der Waals surface area contributed by atoms with Crippen LogP contribution in [-0.4, -0.2) is 25.8 Å². The highest BCUT2D eigenvalue weighted by molar-refractivity contribution is 5.98. The van der Waals surface area contributed by atoms with Gasteiger partial charge in [0.25, 0.3) is 5.91 Å². The number of halogens is 3. The van der Waals surface area contributed by atoms with E-state index in [0.29, 0.717) is 22.6 Å². The number of nitrogens with two attached hydrogens (primary N) is 1. The maximum Gasteiger partial charge on any atom is 0.417 e. The van der Waals surface area contributed by atoms with Crippen molar-refractivity contribution < 1.29 is 18.0 Å². The molecule has 36 heavy (non-hydrogen) atoms. The van der Waals surface area contributed by atoms with Gasteiger partial charge in [-0.3, -0.25) is 14.8 Å². The summed E-state index contributed by atoms with van der Waals surface area (Å²) >= 11 is 0. The second-order valence-corrected chi connectivity index (χ2v) is 9.05. The van der Waals surface area contributed by atoms with E-state index >= 15 is 0 Å². The molecule has 0 saturated carbocycles. The molecule has 0 unspecified atom stereocenters. The summed E-state index contributed by atoms with van der Waals surface area (Å²) in [5, 5.41) is 0.783.